The number of ether oxygens (including phenoxy) is 1. The molecule has 82 valence electrons. The fourth-order valence-electron chi connectivity index (χ4n) is 3.00. The van der Waals surface area contributed by atoms with Crippen molar-refractivity contribution in [3.8, 4) is 0 Å². The van der Waals surface area contributed by atoms with Gasteiger partial charge in [0.25, 0.3) is 0 Å². The Kier molecular flexibility index (Phi) is 2.01. The van der Waals surface area contributed by atoms with Crippen LogP contribution in [0.4, 0.5) is 5.00 Å². The van der Waals surface area contributed by atoms with Gasteiger partial charge in [-0.25, -0.2) is 0 Å². The Morgan fingerprint density at radius 2 is 2.47 bits per heavy atom. The smallest absolute Gasteiger partial charge is 0.130 e. The number of nitrogens with zero attached hydrogens (tertiary/aromatic N) is 2. The monoisotopic (exact) mass is 225 g/mol. The second kappa shape index (κ2) is 3.15. The van der Waals surface area contributed by atoms with Crippen LogP contribution in [-0.4, -0.2) is 28.3 Å². The average molecular weight is 225 g/mol. The topological polar surface area (TPSA) is 47.0 Å². The van der Waals surface area contributed by atoms with E-state index in [4.69, 9.17) is 4.74 Å². The zero-order chi connectivity index (χ0) is 10.5. The van der Waals surface area contributed by atoms with Gasteiger partial charge in [-0.3, -0.25) is 0 Å². The van der Waals surface area contributed by atoms with E-state index < -0.39 is 0 Å². The van der Waals surface area contributed by atoms with Crippen molar-refractivity contribution in [1.82, 2.24) is 9.59 Å². The maximum absolute atomic E-state index is 5.75. The molecule has 0 spiro atoms. The molecule has 2 heterocycles. The number of aromatic nitrogens is 2. The lowest BCUT2D eigenvalue weighted by Crippen LogP contribution is -2.63. The van der Waals surface area contributed by atoms with Crippen molar-refractivity contribution in [1.29, 1.82) is 0 Å². The SMILES string of the molecule is CC1(C)C(Nc2cnns2)C2CCOC21. The molecule has 1 saturated carbocycles. The third-order valence-electron chi connectivity index (χ3n) is 3.76. The Morgan fingerprint density at radius 3 is 3.20 bits per heavy atom. The summed E-state index contributed by atoms with van der Waals surface area (Å²) in [5.41, 5.74) is 0.227. The Balaban J connectivity index is 1.76. The first kappa shape index (κ1) is 9.54. The van der Waals surface area contributed by atoms with Crippen LogP contribution in [0.1, 0.15) is 20.3 Å². The molecule has 1 aromatic heterocycles. The van der Waals surface area contributed by atoms with Crippen LogP contribution in [0.2, 0.25) is 0 Å². The van der Waals surface area contributed by atoms with Crippen LogP contribution in [-0.2, 0) is 4.74 Å². The molecule has 3 atom stereocenters. The van der Waals surface area contributed by atoms with E-state index in [2.05, 4.69) is 28.8 Å². The highest BCUT2D eigenvalue weighted by Gasteiger charge is 2.59. The first-order chi connectivity index (χ1) is 7.19. The predicted octanol–water partition coefficient (Wildman–Crippen LogP) is 1.76. The highest BCUT2D eigenvalue weighted by molar-refractivity contribution is 7.09. The Labute approximate surface area is 93.2 Å². The molecule has 0 aromatic carbocycles. The van der Waals surface area contributed by atoms with Crippen LogP contribution in [0.3, 0.4) is 0 Å². The molecule has 3 unspecified atom stereocenters. The van der Waals surface area contributed by atoms with Gasteiger partial charge in [0.05, 0.1) is 12.3 Å². The molecule has 2 fully saturated rings. The maximum Gasteiger partial charge on any atom is 0.130 e. The van der Waals surface area contributed by atoms with E-state index in [1.807, 2.05) is 0 Å². The van der Waals surface area contributed by atoms with Gasteiger partial charge in [0.1, 0.15) is 5.00 Å². The van der Waals surface area contributed by atoms with Gasteiger partial charge >= 0.3 is 0 Å². The fourth-order valence-corrected chi connectivity index (χ4v) is 3.46. The summed E-state index contributed by atoms with van der Waals surface area (Å²) < 4.78 is 9.61. The van der Waals surface area contributed by atoms with E-state index in [-0.39, 0.29) is 5.41 Å². The molecule has 1 aromatic rings. The fraction of sp³-hybridized carbons (Fsp3) is 0.800. The Hall–Kier alpha value is -0.680. The standard InChI is InChI=1S/C10H15N3OS/c1-10(2)8(6-3-4-14-9(6)10)12-7-5-11-13-15-7/h5-6,8-9,12H,3-4H2,1-2H3. The van der Waals surface area contributed by atoms with Gasteiger partial charge in [0.2, 0.25) is 0 Å². The maximum atomic E-state index is 5.75. The van der Waals surface area contributed by atoms with Crippen molar-refractivity contribution in [2.45, 2.75) is 32.4 Å². The predicted molar refractivity (Wildman–Crippen MR) is 58.9 cm³/mol. The molecule has 0 bridgehead atoms. The van der Waals surface area contributed by atoms with Crippen molar-refractivity contribution >= 4 is 16.5 Å². The summed E-state index contributed by atoms with van der Waals surface area (Å²) in [4.78, 5) is 0. The van der Waals surface area contributed by atoms with Crippen molar-refractivity contribution in [3.05, 3.63) is 6.20 Å². The van der Waals surface area contributed by atoms with Crippen LogP contribution < -0.4 is 5.32 Å². The summed E-state index contributed by atoms with van der Waals surface area (Å²) >= 11 is 1.42. The molecule has 1 saturated heterocycles. The molecule has 0 amide bonds. The molecule has 15 heavy (non-hydrogen) atoms. The Bertz CT molecular complexity index is 352. The highest BCUT2D eigenvalue weighted by atomic mass is 32.1. The van der Waals surface area contributed by atoms with Gasteiger partial charge in [0, 0.05) is 35.5 Å². The third-order valence-corrected chi connectivity index (χ3v) is 4.36. The number of hydrogen-bond donors (Lipinski definition) is 1. The van der Waals surface area contributed by atoms with E-state index in [0.29, 0.717) is 18.1 Å². The number of fused-ring (bicyclic) bond motifs is 1. The first-order valence-corrected chi connectivity index (χ1v) is 6.12. The minimum Gasteiger partial charge on any atom is -0.377 e. The van der Waals surface area contributed by atoms with E-state index in [1.165, 1.54) is 18.0 Å². The van der Waals surface area contributed by atoms with Gasteiger partial charge in [-0.05, 0) is 6.42 Å². The van der Waals surface area contributed by atoms with E-state index in [1.54, 1.807) is 6.20 Å². The largest absolute Gasteiger partial charge is 0.377 e. The molecule has 3 rings (SSSR count). The molecule has 1 aliphatic heterocycles. The minimum atomic E-state index is 0.227. The van der Waals surface area contributed by atoms with Crippen LogP contribution in [0.15, 0.2) is 6.20 Å². The lowest BCUT2D eigenvalue weighted by atomic mass is 9.57. The summed E-state index contributed by atoms with van der Waals surface area (Å²) in [7, 11) is 0. The summed E-state index contributed by atoms with van der Waals surface area (Å²) in [6.45, 7) is 5.45. The quantitative estimate of drug-likeness (QED) is 0.833. The van der Waals surface area contributed by atoms with Gasteiger partial charge in [0.15, 0.2) is 0 Å². The summed E-state index contributed by atoms with van der Waals surface area (Å²) in [5.74, 6) is 0.669. The van der Waals surface area contributed by atoms with Crippen LogP contribution >= 0.6 is 11.5 Å². The lowest BCUT2D eigenvalue weighted by Gasteiger charge is -2.54. The number of rotatable bonds is 2. The molecule has 1 N–H and O–H groups in total. The van der Waals surface area contributed by atoms with Crippen LogP contribution in [0, 0.1) is 11.3 Å². The zero-order valence-electron chi connectivity index (χ0n) is 8.93. The second-order valence-electron chi connectivity index (χ2n) is 4.97. The summed E-state index contributed by atoms with van der Waals surface area (Å²) in [6, 6.07) is 0.507. The summed E-state index contributed by atoms with van der Waals surface area (Å²) in [6.07, 6.45) is 3.41. The molecule has 4 nitrogen and oxygen atoms in total. The van der Waals surface area contributed by atoms with Crippen molar-refractivity contribution in [2.75, 3.05) is 11.9 Å². The van der Waals surface area contributed by atoms with Crippen LogP contribution in [0.25, 0.3) is 0 Å². The molecule has 0 radical (unpaired) electrons. The normalized spacial score (nSPS) is 37.1. The second-order valence-corrected chi connectivity index (χ2v) is 5.75. The summed E-state index contributed by atoms with van der Waals surface area (Å²) in [5, 5.41) is 8.44. The zero-order valence-corrected chi connectivity index (χ0v) is 9.75. The average Bonchev–Trinajstić information content (AvgIpc) is 2.84. The molecule has 5 heteroatoms. The molecule has 1 aliphatic carbocycles. The molecular weight excluding hydrogens is 210 g/mol. The first-order valence-electron chi connectivity index (χ1n) is 5.35. The Morgan fingerprint density at radius 1 is 1.60 bits per heavy atom. The minimum absolute atomic E-state index is 0.227. The number of nitrogens with one attached hydrogen (secondary N) is 1. The highest BCUT2D eigenvalue weighted by Crippen LogP contribution is 2.53. The number of hydrogen-bond acceptors (Lipinski definition) is 5. The van der Waals surface area contributed by atoms with Gasteiger partial charge in [-0.1, -0.05) is 18.3 Å². The van der Waals surface area contributed by atoms with Crippen molar-refractivity contribution in [2.24, 2.45) is 11.3 Å². The lowest BCUT2D eigenvalue weighted by molar-refractivity contribution is -0.0922. The van der Waals surface area contributed by atoms with Gasteiger partial charge in [-0.15, -0.1) is 5.10 Å². The third kappa shape index (κ3) is 1.29. The van der Waals surface area contributed by atoms with Gasteiger partial charge < -0.3 is 10.1 Å². The molecule has 2 aliphatic rings. The van der Waals surface area contributed by atoms with Crippen molar-refractivity contribution < 1.29 is 4.74 Å². The van der Waals surface area contributed by atoms with Crippen LogP contribution in [0.5, 0.6) is 0 Å². The van der Waals surface area contributed by atoms with E-state index >= 15 is 0 Å². The number of anilines is 1. The molecular formula is C10H15N3OS. The van der Waals surface area contributed by atoms with E-state index in [9.17, 15) is 0 Å². The van der Waals surface area contributed by atoms with Crippen molar-refractivity contribution in [3.63, 3.8) is 0 Å². The van der Waals surface area contributed by atoms with Gasteiger partial charge in [-0.2, -0.15) is 0 Å². The van der Waals surface area contributed by atoms with E-state index in [0.717, 1.165) is 11.6 Å².